The fraction of sp³-hybridized carbons (Fsp3) is 0.721. The molecule has 7 heterocycles. The predicted molar refractivity (Wildman–Crippen MR) is 366 cm³/mol. The van der Waals surface area contributed by atoms with E-state index >= 15 is 0 Å². The van der Waals surface area contributed by atoms with Crippen molar-refractivity contribution in [3.63, 3.8) is 0 Å². The molecule has 0 bridgehead atoms. The molecule has 3 amide bonds. The number of ether oxygens (including phenoxy) is 3. The largest absolute Gasteiger partial charge is 0.472 e. The molecular weight excluding hydrogens is 1360 g/mol. The smallest absolute Gasteiger partial charge is 0.394 e. The molecule has 3 aromatic rings. The average Bonchev–Trinajstić information content (AvgIpc) is 1.65. The number of primary amides is 3. The van der Waals surface area contributed by atoms with Gasteiger partial charge in [0, 0.05) is 113 Å². The van der Waals surface area contributed by atoms with Gasteiger partial charge in [0.2, 0.25) is 17.7 Å². The number of H-pyrrole nitrogens is 3. The minimum Gasteiger partial charge on any atom is -0.394 e. The van der Waals surface area contributed by atoms with Crippen LogP contribution in [0.3, 0.4) is 0 Å². The number of phosphoric ester groups is 2. The van der Waals surface area contributed by atoms with Gasteiger partial charge in [-0.15, -0.1) is 0 Å². The fourth-order valence-corrected chi connectivity index (χ4v) is 13.8. The summed E-state index contributed by atoms with van der Waals surface area (Å²) in [6.45, 7) is 26.1. The molecular formula is C61H105N15O22P2. The van der Waals surface area contributed by atoms with Gasteiger partial charge in [-0.2, -0.15) is 0 Å². The first kappa shape index (κ1) is 84.6. The van der Waals surface area contributed by atoms with Crippen molar-refractivity contribution in [2.75, 3.05) is 131 Å². The number of aliphatic hydroxyl groups is 2. The molecule has 13 N–H and O–H groups in total. The van der Waals surface area contributed by atoms with E-state index in [1.165, 1.54) is 72.4 Å². The van der Waals surface area contributed by atoms with Gasteiger partial charge < -0.3 is 66.1 Å². The lowest BCUT2D eigenvalue weighted by Crippen LogP contribution is -2.49. The van der Waals surface area contributed by atoms with Crippen molar-refractivity contribution >= 4 is 33.4 Å². The molecule has 0 spiro atoms. The van der Waals surface area contributed by atoms with Gasteiger partial charge in [-0.05, 0) is 72.9 Å². The number of amides is 3. The monoisotopic (exact) mass is 1460 g/mol. The molecule has 37 nitrogen and oxygen atoms in total. The number of nitrogens with two attached hydrogens (primary N) is 3. The molecule has 566 valence electrons. The second-order valence-electron chi connectivity index (χ2n) is 24.7. The van der Waals surface area contributed by atoms with E-state index < -0.39 is 148 Å². The highest BCUT2D eigenvalue weighted by Crippen LogP contribution is 2.53. The molecule has 4 saturated heterocycles. The van der Waals surface area contributed by atoms with Crippen molar-refractivity contribution in [2.45, 2.75) is 156 Å². The number of aryl methyl sites for hydroxylation is 3. The molecule has 3 aromatic heterocycles. The molecule has 4 aliphatic rings. The third-order valence-electron chi connectivity index (χ3n) is 17.5. The fourth-order valence-electron chi connectivity index (χ4n) is 11.7. The number of carbonyl (C=O) groups is 3. The highest BCUT2D eigenvalue weighted by Gasteiger charge is 2.48. The van der Waals surface area contributed by atoms with E-state index in [9.17, 15) is 72.3 Å². The van der Waals surface area contributed by atoms with Crippen molar-refractivity contribution in [3.05, 3.63) is 110 Å². The van der Waals surface area contributed by atoms with Crippen LogP contribution >= 0.6 is 15.6 Å². The number of carbonyl (C=O) groups excluding carboxylic acids is 3. The molecule has 0 radical (unpaired) electrons. The van der Waals surface area contributed by atoms with E-state index in [4.69, 9.17) is 49.5 Å². The van der Waals surface area contributed by atoms with Crippen LogP contribution in [-0.4, -0.2) is 270 Å². The summed E-state index contributed by atoms with van der Waals surface area (Å²) in [5.41, 5.74) is 12.2. The Kier molecular flexibility index (Phi) is 34.5. The maximum Gasteiger partial charge on any atom is 0.472 e. The first-order valence-electron chi connectivity index (χ1n) is 33.7. The molecule has 4 aliphatic heterocycles. The molecule has 7 rings (SSSR count). The van der Waals surface area contributed by atoms with Crippen molar-refractivity contribution < 1.29 is 75.8 Å². The molecule has 12 atom stereocenters. The first-order valence-corrected chi connectivity index (χ1v) is 36.7. The van der Waals surface area contributed by atoms with Gasteiger partial charge in [0.05, 0.1) is 39.0 Å². The summed E-state index contributed by atoms with van der Waals surface area (Å²) in [6, 6.07) is 0. The van der Waals surface area contributed by atoms with Crippen molar-refractivity contribution in [1.29, 1.82) is 0 Å². The minimum absolute atomic E-state index is 0.0477. The van der Waals surface area contributed by atoms with Gasteiger partial charge >= 0.3 is 32.7 Å². The molecule has 100 heavy (non-hydrogen) atoms. The molecule has 0 aliphatic carbocycles. The first-order chi connectivity index (χ1) is 47.3. The zero-order valence-corrected chi connectivity index (χ0v) is 60.4. The lowest BCUT2D eigenvalue weighted by molar-refractivity contribution is -0.121. The Labute approximate surface area is 579 Å². The van der Waals surface area contributed by atoms with Crippen LogP contribution in [0, 0.1) is 20.8 Å². The zero-order chi connectivity index (χ0) is 74.2. The number of hydrogen-bond acceptors (Lipinski definition) is 26. The number of rotatable bonds is 31. The Morgan fingerprint density at radius 3 is 1.30 bits per heavy atom. The van der Waals surface area contributed by atoms with Crippen molar-refractivity contribution in [1.82, 2.24) is 58.1 Å². The summed E-state index contributed by atoms with van der Waals surface area (Å²) < 4.78 is 71.3. The molecule has 2 unspecified atom stereocenters. The Balaban J connectivity index is 0.00000116. The van der Waals surface area contributed by atoms with E-state index in [-0.39, 0.29) is 55.6 Å². The van der Waals surface area contributed by atoms with Crippen LogP contribution in [0.4, 0.5) is 0 Å². The second kappa shape index (κ2) is 40.7. The minimum atomic E-state index is -5.46. The summed E-state index contributed by atoms with van der Waals surface area (Å²) in [5, 5.41) is 21.6. The standard InChI is InChI=1S/C49H75N13O22P2.2C6H15N/c1-28-20-60(47(71)53-44(28)68)40-17-31(64)43(81-40)32(7-5-4-6-8-56-9-11-57(23-37(50)65)13-15-59(25-39(52)67)16-14-58(12-10-56)24-38(51)66)82-86(76,77)84-34-19-42(62-22-30(3)46(70)55-49(62)73)80-36(34)27-78-85(74,75)83-33-18-41(79-35(33)26-63)61-21-29(2)45(69)54-48(61)72;2*1-4-7(5-2)6-3/h4-5,20-22,31-36,40-43,63-64H,6-19,23-27H2,1-3H3,(H2,50,65)(H2,51,66)(H2,52,67)(H,74,75)(H,76,77)(H,53,68,71)(H,54,69,72)(H,55,70,73);2*4-6H2,1-3H3/b5-4+;;/t31-,32-,33-,34-,35+,36+,40+,41+,42+,43-;;/m0../s1. The van der Waals surface area contributed by atoms with Crippen LogP contribution in [0.2, 0.25) is 0 Å². The lowest BCUT2D eigenvalue weighted by Gasteiger charge is -2.33. The molecule has 4 fully saturated rings. The Hall–Kier alpha value is -6.03. The SMILES string of the molecule is CCN(CC)CC.CCN(CC)CC.Cc1cn([C@H]2C[C@H](O)[C@@H]([C@H](C/C=C/CCN3CCN(CC(N)=O)CCN(CC(N)=O)CCN(CC(N)=O)CC3)OP(=O)(O)O[C@H]3C[C@H](n4cc(C)c(=O)[nH]c4=O)O[C@@H]3COP(=O)(O)O[C@H]3C[C@H](n4cc(C)c(=O)[nH]c4=O)O[C@@H]3CO)O2)c(=O)[nH]c1=O. The van der Waals surface area contributed by atoms with Crippen molar-refractivity contribution in [2.24, 2.45) is 17.2 Å². The second-order valence-corrected chi connectivity index (χ2v) is 27.4. The predicted octanol–water partition coefficient (Wildman–Crippen LogP) is -2.14. The van der Waals surface area contributed by atoms with E-state index in [0.717, 1.165) is 19.9 Å². The van der Waals surface area contributed by atoms with Crippen molar-refractivity contribution in [3.8, 4) is 0 Å². The maximum absolute atomic E-state index is 14.4. The van der Waals surface area contributed by atoms with Crippen LogP contribution in [0.25, 0.3) is 0 Å². The van der Waals surface area contributed by atoms with Gasteiger partial charge in [-0.3, -0.25) is 90.2 Å². The van der Waals surface area contributed by atoms with E-state index in [1.807, 2.05) is 14.7 Å². The highest BCUT2D eigenvalue weighted by atomic mass is 31.2. The maximum atomic E-state index is 14.4. The van der Waals surface area contributed by atoms with Crippen LogP contribution in [0.1, 0.15) is 109 Å². The van der Waals surface area contributed by atoms with Crippen LogP contribution < -0.4 is 50.9 Å². The third-order valence-corrected chi connectivity index (χ3v) is 19.6. The number of nitrogens with zero attached hydrogens (tertiary/aromatic N) is 9. The molecule has 39 heteroatoms. The summed E-state index contributed by atoms with van der Waals surface area (Å²) in [5.74, 6) is -1.67. The quantitative estimate of drug-likeness (QED) is 0.0243. The van der Waals surface area contributed by atoms with Gasteiger partial charge in [0.1, 0.15) is 55.3 Å². The van der Waals surface area contributed by atoms with Crippen LogP contribution in [0.15, 0.2) is 59.5 Å². The number of aromatic nitrogens is 6. The van der Waals surface area contributed by atoms with Gasteiger partial charge in [-0.25, -0.2) is 23.5 Å². The molecule has 0 aromatic carbocycles. The van der Waals surface area contributed by atoms with Gasteiger partial charge in [0.15, 0.2) is 0 Å². The number of phosphoric acid groups is 2. The van der Waals surface area contributed by atoms with E-state index in [2.05, 4.69) is 71.2 Å². The summed E-state index contributed by atoms with van der Waals surface area (Å²) >= 11 is 0. The molecule has 0 saturated carbocycles. The Bertz CT molecular complexity index is 3560. The highest BCUT2D eigenvalue weighted by molar-refractivity contribution is 7.47. The number of nitrogens with one attached hydrogen (secondary N) is 3. The summed E-state index contributed by atoms with van der Waals surface area (Å²) in [7, 11) is -10.7. The van der Waals surface area contributed by atoms with Crippen LogP contribution in [0.5, 0.6) is 0 Å². The summed E-state index contributed by atoms with van der Waals surface area (Å²) in [4.78, 5) is 153. The summed E-state index contributed by atoms with van der Waals surface area (Å²) in [6.07, 6.45) is -8.26. The van der Waals surface area contributed by atoms with Crippen LogP contribution in [-0.2, 0) is 55.8 Å². The number of aromatic amines is 3. The average molecular weight is 1460 g/mol. The van der Waals surface area contributed by atoms with Gasteiger partial charge in [0.25, 0.3) is 16.7 Å². The Morgan fingerprint density at radius 1 is 0.570 bits per heavy atom. The normalized spacial score (nSPS) is 24.6. The van der Waals surface area contributed by atoms with E-state index in [0.29, 0.717) is 65.3 Å². The van der Waals surface area contributed by atoms with E-state index in [1.54, 1.807) is 12.2 Å². The zero-order valence-electron chi connectivity index (χ0n) is 58.6. The number of aliphatic hydroxyl groups excluding tert-OH is 2. The lowest BCUT2D eigenvalue weighted by atomic mass is 10.0. The Morgan fingerprint density at radius 2 is 0.930 bits per heavy atom. The van der Waals surface area contributed by atoms with Gasteiger partial charge in [-0.1, -0.05) is 53.7 Å². The third kappa shape index (κ3) is 26.7. The topological polar surface area (TPSA) is 493 Å². The number of hydrogen-bond donors (Lipinski definition) is 10.